The van der Waals surface area contributed by atoms with Gasteiger partial charge in [-0.05, 0) is 56.2 Å². The SMILES string of the molecule is C[C@H](c1ccc(-c2cnc(N)c(C(=O)CC3CCC(O)CC3)c2)c(Cl)c1)N1CC2(COC2)C1. The van der Waals surface area contributed by atoms with E-state index in [9.17, 15) is 9.90 Å². The average molecular weight is 470 g/mol. The summed E-state index contributed by atoms with van der Waals surface area (Å²) in [6.45, 7) is 6.11. The lowest BCUT2D eigenvalue weighted by Crippen LogP contribution is -2.66. The zero-order chi connectivity index (χ0) is 23.2. The van der Waals surface area contributed by atoms with Gasteiger partial charge in [0.2, 0.25) is 0 Å². The van der Waals surface area contributed by atoms with Crippen molar-refractivity contribution in [3.63, 3.8) is 0 Å². The van der Waals surface area contributed by atoms with E-state index in [4.69, 9.17) is 22.1 Å². The Balaban J connectivity index is 1.30. The summed E-state index contributed by atoms with van der Waals surface area (Å²) >= 11 is 6.70. The van der Waals surface area contributed by atoms with Gasteiger partial charge in [-0.15, -0.1) is 0 Å². The van der Waals surface area contributed by atoms with E-state index >= 15 is 0 Å². The number of benzene rings is 1. The fourth-order valence-corrected chi connectivity index (χ4v) is 5.76. The number of aliphatic hydroxyl groups excluding tert-OH is 1. The highest BCUT2D eigenvalue weighted by molar-refractivity contribution is 6.33. The van der Waals surface area contributed by atoms with Crippen LogP contribution in [0.25, 0.3) is 11.1 Å². The lowest BCUT2D eigenvalue weighted by Gasteiger charge is -2.57. The molecule has 5 rings (SSSR count). The van der Waals surface area contributed by atoms with Crippen molar-refractivity contribution in [2.75, 3.05) is 32.0 Å². The molecule has 1 aromatic heterocycles. The Kier molecular flexibility index (Phi) is 6.21. The number of hydrogen-bond acceptors (Lipinski definition) is 6. The second-order valence-electron chi connectivity index (χ2n) is 10.3. The molecule has 33 heavy (non-hydrogen) atoms. The number of carbonyl (C=O) groups is 1. The predicted octanol–water partition coefficient (Wildman–Crippen LogP) is 4.50. The molecule has 0 radical (unpaired) electrons. The molecule has 3 heterocycles. The van der Waals surface area contributed by atoms with Crippen molar-refractivity contribution in [2.24, 2.45) is 11.3 Å². The van der Waals surface area contributed by atoms with Gasteiger partial charge in [-0.1, -0.05) is 23.7 Å². The van der Waals surface area contributed by atoms with Gasteiger partial charge in [-0.2, -0.15) is 0 Å². The Bertz CT molecular complexity index is 1040. The monoisotopic (exact) mass is 469 g/mol. The number of hydrogen-bond donors (Lipinski definition) is 2. The van der Waals surface area contributed by atoms with E-state index in [2.05, 4.69) is 22.9 Å². The van der Waals surface area contributed by atoms with Crippen LogP contribution in [0.4, 0.5) is 5.82 Å². The van der Waals surface area contributed by atoms with Crippen molar-refractivity contribution < 1.29 is 14.6 Å². The minimum Gasteiger partial charge on any atom is -0.393 e. The van der Waals surface area contributed by atoms with Gasteiger partial charge in [0.1, 0.15) is 5.82 Å². The minimum atomic E-state index is -0.228. The summed E-state index contributed by atoms with van der Waals surface area (Å²) in [6.07, 6.45) is 5.16. The summed E-state index contributed by atoms with van der Waals surface area (Å²) in [6, 6.07) is 8.26. The highest BCUT2D eigenvalue weighted by atomic mass is 35.5. The van der Waals surface area contributed by atoms with Gasteiger partial charge >= 0.3 is 0 Å². The summed E-state index contributed by atoms with van der Waals surface area (Å²) in [5, 5.41) is 10.4. The number of ketones is 1. The van der Waals surface area contributed by atoms with Gasteiger partial charge in [-0.3, -0.25) is 9.69 Å². The van der Waals surface area contributed by atoms with Crippen molar-refractivity contribution in [2.45, 2.75) is 51.2 Å². The fourth-order valence-electron chi connectivity index (χ4n) is 5.47. The quantitative estimate of drug-likeness (QED) is 0.605. The Hall–Kier alpha value is -1.99. The van der Waals surface area contributed by atoms with Crippen molar-refractivity contribution in [3.8, 4) is 11.1 Å². The molecule has 7 heteroatoms. The maximum absolute atomic E-state index is 13.0. The Morgan fingerprint density at radius 2 is 2.00 bits per heavy atom. The molecule has 3 aliphatic rings. The van der Waals surface area contributed by atoms with Crippen LogP contribution in [0.5, 0.6) is 0 Å². The first-order chi connectivity index (χ1) is 15.8. The van der Waals surface area contributed by atoms with Crippen molar-refractivity contribution in [1.82, 2.24) is 9.88 Å². The van der Waals surface area contributed by atoms with Crippen LogP contribution in [0.3, 0.4) is 0 Å². The van der Waals surface area contributed by atoms with Crippen LogP contribution in [0.15, 0.2) is 30.5 Å². The van der Waals surface area contributed by atoms with Crippen LogP contribution < -0.4 is 5.73 Å². The summed E-state index contributed by atoms with van der Waals surface area (Å²) in [7, 11) is 0. The number of ether oxygens (including phenoxy) is 1. The number of nitrogen functional groups attached to an aromatic ring is 1. The summed E-state index contributed by atoms with van der Waals surface area (Å²) in [5.41, 5.74) is 9.74. The van der Waals surface area contributed by atoms with Gasteiger partial charge in [-0.25, -0.2) is 4.98 Å². The number of likely N-dealkylation sites (tertiary alicyclic amines) is 1. The third-order valence-corrected chi connectivity index (χ3v) is 8.05. The standard InChI is InChI=1S/C26H32ClN3O3/c1-16(30-12-26(13-30)14-33-15-26)18-4-7-21(23(27)10-18)19-9-22(25(28)29-11-19)24(32)8-17-2-5-20(31)6-3-17/h4,7,9-11,16-17,20,31H,2-3,5-6,8,12-15H2,1H3,(H2,28,29)/t16-,17?,20?/m1/s1. The number of anilines is 1. The lowest BCUT2D eigenvalue weighted by atomic mass is 9.76. The molecule has 6 nitrogen and oxygen atoms in total. The summed E-state index contributed by atoms with van der Waals surface area (Å²) in [4.78, 5) is 19.8. The largest absolute Gasteiger partial charge is 0.393 e. The molecular formula is C26H32ClN3O3. The van der Waals surface area contributed by atoms with E-state index in [-0.39, 0.29) is 17.7 Å². The molecule has 2 aromatic rings. The number of pyridine rings is 1. The topological polar surface area (TPSA) is 88.7 Å². The van der Waals surface area contributed by atoms with E-state index < -0.39 is 0 Å². The summed E-state index contributed by atoms with van der Waals surface area (Å²) in [5.74, 6) is 0.560. The normalized spacial score (nSPS) is 25.3. The lowest BCUT2D eigenvalue weighted by molar-refractivity contribution is -0.197. The van der Waals surface area contributed by atoms with E-state index in [0.717, 1.165) is 63.1 Å². The maximum atomic E-state index is 13.0. The van der Waals surface area contributed by atoms with Crippen LogP contribution in [-0.4, -0.2) is 53.2 Å². The molecule has 1 atom stereocenters. The molecule has 1 aliphatic carbocycles. The first kappa shape index (κ1) is 22.8. The fraction of sp³-hybridized carbons (Fsp3) is 0.538. The molecule has 176 valence electrons. The van der Waals surface area contributed by atoms with E-state index in [1.54, 1.807) is 6.20 Å². The Labute approximate surface area is 200 Å². The molecular weight excluding hydrogens is 438 g/mol. The molecule has 2 aliphatic heterocycles. The van der Waals surface area contributed by atoms with E-state index in [0.29, 0.717) is 34.4 Å². The number of carbonyl (C=O) groups excluding carboxylic acids is 1. The molecule has 3 fully saturated rings. The number of rotatable bonds is 6. The first-order valence-corrected chi connectivity index (χ1v) is 12.3. The Morgan fingerprint density at radius 3 is 2.64 bits per heavy atom. The zero-order valence-corrected chi connectivity index (χ0v) is 19.9. The molecule has 0 amide bonds. The number of nitrogens with zero attached hydrogens (tertiary/aromatic N) is 2. The minimum absolute atomic E-state index is 0.0105. The molecule has 1 aromatic carbocycles. The number of aromatic nitrogens is 1. The molecule has 2 saturated heterocycles. The number of Topliss-reactive ketones (excluding diaryl/α,β-unsaturated/α-hetero) is 1. The van der Waals surface area contributed by atoms with Crippen LogP contribution in [0.1, 0.15) is 61.0 Å². The smallest absolute Gasteiger partial charge is 0.166 e. The van der Waals surface area contributed by atoms with E-state index in [1.807, 2.05) is 18.2 Å². The summed E-state index contributed by atoms with van der Waals surface area (Å²) < 4.78 is 5.38. The molecule has 1 saturated carbocycles. The van der Waals surface area contributed by atoms with Gasteiger partial charge in [0, 0.05) is 53.3 Å². The molecule has 0 bridgehead atoms. The molecule has 1 spiro atoms. The van der Waals surface area contributed by atoms with Gasteiger partial charge in [0.15, 0.2) is 5.78 Å². The number of halogens is 1. The second kappa shape index (κ2) is 8.99. The third kappa shape index (κ3) is 4.54. The first-order valence-electron chi connectivity index (χ1n) is 11.9. The van der Waals surface area contributed by atoms with Crippen molar-refractivity contribution in [3.05, 3.63) is 46.6 Å². The van der Waals surface area contributed by atoms with Crippen molar-refractivity contribution in [1.29, 1.82) is 0 Å². The molecule has 0 unspecified atom stereocenters. The maximum Gasteiger partial charge on any atom is 0.166 e. The van der Waals surface area contributed by atoms with Gasteiger partial charge in [0.05, 0.1) is 24.9 Å². The van der Waals surface area contributed by atoms with Crippen LogP contribution in [0, 0.1) is 11.3 Å². The van der Waals surface area contributed by atoms with E-state index in [1.165, 1.54) is 5.56 Å². The van der Waals surface area contributed by atoms with Gasteiger partial charge < -0.3 is 15.6 Å². The number of nitrogens with two attached hydrogens (primary N) is 1. The zero-order valence-electron chi connectivity index (χ0n) is 19.1. The number of aliphatic hydroxyl groups is 1. The van der Waals surface area contributed by atoms with Crippen LogP contribution in [-0.2, 0) is 4.74 Å². The van der Waals surface area contributed by atoms with Gasteiger partial charge in [0.25, 0.3) is 0 Å². The van der Waals surface area contributed by atoms with Crippen LogP contribution >= 0.6 is 11.6 Å². The second-order valence-corrected chi connectivity index (χ2v) is 10.7. The predicted molar refractivity (Wildman–Crippen MR) is 129 cm³/mol. The van der Waals surface area contributed by atoms with Crippen molar-refractivity contribution >= 4 is 23.2 Å². The average Bonchev–Trinajstić information content (AvgIpc) is 2.73. The Morgan fingerprint density at radius 1 is 1.27 bits per heavy atom. The van der Waals surface area contributed by atoms with Crippen LogP contribution in [0.2, 0.25) is 5.02 Å². The molecule has 3 N–H and O–H groups in total. The highest BCUT2D eigenvalue weighted by Crippen LogP contribution is 2.42. The third-order valence-electron chi connectivity index (χ3n) is 7.74. The highest BCUT2D eigenvalue weighted by Gasteiger charge is 2.50.